The van der Waals surface area contributed by atoms with Gasteiger partial charge in [-0.05, 0) is 37.3 Å². The number of piperidine rings is 1. The van der Waals surface area contributed by atoms with Crippen LogP contribution in [0.4, 0.5) is 0 Å². The van der Waals surface area contributed by atoms with Crippen LogP contribution in [0.15, 0.2) is 18.3 Å². The van der Waals surface area contributed by atoms with E-state index in [1.807, 2.05) is 17.9 Å². The van der Waals surface area contributed by atoms with Crippen LogP contribution in [0.25, 0.3) is 0 Å². The number of fused-ring (bicyclic) bond motifs is 4. The molecule has 0 saturated carbocycles. The first-order chi connectivity index (χ1) is 11.8. The normalized spacial score (nSPS) is 24.6. The van der Waals surface area contributed by atoms with Crippen molar-refractivity contribution in [3.63, 3.8) is 0 Å². The van der Waals surface area contributed by atoms with Gasteiger partial charge >= 0.3 is 0 Å². The van der Waals surface area contributed by atoms with Gasteiger partial charge in [-0.15, -0.1) is 0 Å². The predicted molar refractivity (Wildman–Crippen MR) is 95.3 cm³/mol. The summed E-state index contributed by atoms with van der Waals surface area (Å²) in [5, 5.41) is 0. The van der Waals surface area contributed by atoms with Gasteiger partial charge in [-0.1, -0.05) is 6.92 Å². The molecule has 3 saturated heterocycles. The largest absolute Gasteiger partial charge is 0.334 e. The summed E-state index contributed by atoms with van der Waals surface area (Å²) in [5.74, 6) is 0.167. The molecule has 7 nitrogen and oxygen atoms in total. The van der Waals surface area contributed by atoms with E-state index >= 15 is 0 Å². The molecule has 0 radical (unpaired) electrons. The molecule has 2 unspecified atom stereocenters. The highest BCUT2D eigenvalue weighted by molar-refractivity contribution is 7.86. The fourth-order valence-electron chi connectivity index (χ4n) is 3.68. The van der Waals surface area contributed by atoms with Crippen LogP contribution < -0.4 is 0 Å². The quantitative estimate of drug-likeness (QED) is 0.796. The zero-order chi connectivity index (χ0) is 18.2. The van der Waals surface area contributed by atoms with E-state index in [2.05, 4.69) is 4.98 Å². The van der Waals surface area contributed by atoms with Crippen molar-refractivity contribution in [2.24, 2.45) is 5.92 Å². The maximum absolute atomic E-state index is 13.0. The minimum atomic E-state index is -3.45. The summed E-state index contributed by atoms with van der Waals surface area (Å²) in [7, 11) is -0.355. The molecule has 4 rings (SSSR count). The van der Waals surface area contributed by atoms with Crippen LogP contribution in [-0.4, -0.2) is 72.6 Å². The van der Waals surface area contributed by atoms with E-state index < -0.39 is 10.2 Å². The highest BCUT2D eigenvalue weighted by atomic mass is 32.2. The van der Waals surface area contributed by atoms with Crippen molar-refractivity contribution >= 4 is 16.1 Å². The molecule has 0 N–H and O–H groups in total. The maximum Gasteiger partial charge on any atom is 0.281 e. The Morgan fingerprint density at radius 3 is 2.72 bits per heavy atom. The number of rotatable bonds is 4. The second-order valence-electron chi connectivity index (χ2n) is 7.05. The summed E-state index contributed by atoms with van der Waals surface area (Å²) < 4.78 is 27.8. The van der Waals surface area contributed by atoms with E-state index in [1.54, 1.807) is 26.4 Å². The molecule has 138 valence electrons. The van der Waals surface area contributed by atoms with E-state index in [0.29, 0.717) is 25.2 Å². The van der Waals surface area contributed by atoms with Gasteiger partial charge in [-0.3, -0.25) is 9.78 Å². The summed E-state index contributed by atoms with van der Waals surface area (Å²) in [6.07, 6.45) is 4.26. The Morgan fingerprint density at radius 1 is 1.28 bits per heavy atom. The minimum absolute atomic E-state index is 0.0177. The van der Waals surface area contributed by atoms with Gasteiger partial charge < -0.3 is 4.90 Å². The summed E-state index contributed by atoms with van der Waals surface area (Å²) in [5.41, 5.74) is 1.53. The van der Waals surface area contributed by atoms with Gasteiger partial charge in [0.05, 0.1) is 0 Å². The number of aryl methyl sites for hydroxylation is 1. The fraction of sp³-hybridized carbons (Fsp3) is 0.647. The van der Waals surface area contributed by atoms with Crippen molar-refractivity contribution in [1.82, 2.24) is 18.5 Å². The number of carbonyl (C=O) groups excluding carboxylic acids is 1. The molecule has 0 aliphatic carbocycles. The van der Waals surface area contributed by atoms with Gasteiger partial charge in [0.1, 0.15) is 0 Å². The Morgan fingerprint density at radius 2 is 2.04 bits per heavy atom. The first-order valence-electron chi connectivity index (χ1n) is 8.76. The summed E-state index contributed by atoms with van der Waals surface area (Å²) in [4.78, 5) is 19.1. The number of amides is 1. The van der Waals surface area contributed by atoms with Gasteiger partial charge in [-0.25, -0.2) is 0 Å². The lowest BCUT2D eigenvalue weighted by Gasteiger charge is -2.36. The van der Waals surface area contributed by atoms with Crippen LogP contribution in [0, 0.1) is 5.92 Å². The van der Waals surface area contributed by atoms with Crippen molar-refractivity contribution < 1.29 is 13.2 Å². The molecule has 1 amide bonds. The van der Waals surface area contributed by atoms with Crippen LogP contribution in [-0.2, 0) is 16.6 Å². The Balaban J connectivity index is 1.84. The molecule has 25 heavy (non-hydrogen) atoms. The van der Waals surface area contributed by atoms with Gasteiger partial charge in [-0.2, -0.15) is 17.0 Å². The SMILES string of the molecule is CCc1cc(C(=O)N2CC3CCC2CN(S(=O)(=O)N(C)C)C3)ccn1. The van der Waals surface area contributed by atoms with E-state index in [0.717, 1.165) is 25.0 Å². The number of hydrogen-bond donors (Lipinski definition) is 0. The Hall–Kier alpha value is -1.51. The lowest BCUT2D eigenvalue weighted by atomic mass is 9.94. The van der Waals surface area contributed by atoms with Crippen LogP contribution >= 0.6 is 0 Å². The molecule has 1 aromatic rings. The van der Waals surface area contributed by atoms with Crippen LogP contribution in [0.2, 0.25) is 0 Å². The Labute approximate surface area is 149 Å². The van der Waals surface area contributed by atoms with Crippen LogP contribution in [0.1, 0.15) is 35.8 Å². The van der Waals surface area contributed by atoms with E-state index in [-0.39, 0.29) is 17.9 Å². The molecule has 0 spiro atoms. The minimum Gasteiger partial charge on any atom is -0.334 e. The molecule has 3 fully saturated rings. The van der Waals surface area contributed by atoms with Crippen LogP contribution in [0.3, 0.4) is 0 Å². The zero-order valence-electron chi connectivity index (χ0n) is 15.1. The molecule has 1 aromatic heterocycles. The average Bonchev–Trinajstić information content (AvgIpc) is 2.93. The molecule has 3 aliphatic rings. The summed E-state index contributed by atoms with van der Waals surface area (Å²) >= 11 is 0. The van der Waals surface area contributed by atoms with Gasteiger partial charge in [0.15, 0.2) is 0 Å². The number of pyridine rings is 1. The van der Waals surface area contributed by atoms with E-state index in [4.69, 9.17) is 0 Å². The number of nitrogens with zero attached hydrogens (tertiary/aromatic N) is 4. The molecule has 0 aromatic carbocycles. The number of aromatic nitrogens is 1. The third kappa shape index (κ3) is 3.56. The molecule has 2 atom stereocenters. The lowest BCUT2D eigenvalue weighted by Crippen LogP contribution is -2.48. The van der Waals surface area contributed by atoms with Crippen molar-refractivity contribution in [1.29, 1.82) is 0 Å². The third-order valence-electron chi connectivity index (χ3n) is 5.15. The molecule has 2 bridgehead atoms. The standard InChI is InChI=1S/C17H26N4O3S/c1-4-15-9-14(7-8-18-15)17(22)21-11-13-5-6-16(21)12-20(10-13)25(23,24)19(2)3/h7-9,13,16H,4-6,10-12H2,1-3H3. The lowest BCUT2D eigenvalue weighted by molar-refractivity contribution is 0.0588. The molecular weight excluding hydrogens is 340 g/mol. The van der Waals surface area contributed by atoms with Crippen molar-refractivity contribution in [2.75, 3.05) is 33.7 Å². The smallest absolute Gasteiger partial charge is 0.281 e. The topological polar surface area (TPSA) is 73.8 Å². The van der Waals surface area contributed by atoms with Gasteiger partial charge in [0, 0.05) is 57.2 Å². The molecule has 3 aliphatic heterocycles. The highest BCUT2D eigenvalue weighted by Gasteiger charge is 2.41. The van der Waals surface area contributed by atoms with Crippen molar-refractivity contribution in [3.05, 3.63) is 29.6 Å². The molecule has 4 heterocycles. The van der Waals surface area contributed by atoms with Crippen LogP contribution in [0.5, 0.6) is 0 Å². The van der Waals surface area contributed by atoms with E-state index in [9.17, 15) is 13.2 Å². The average molecular weight is 366 g/mol. The third-order valence-corrected chi connectivity index (χ3v) is 7.03. The van der Waals surface area contributed by atoms with Crippen molar-refractivity contribution in [2.45, 2.75) is 32.2 Å². The van der Waals surface area contributed by atoms with Crippen molar-refractivity contribution in [3.8, 4) is 0 Å². The Bertz CT molecular complexity index is 750. The number of hydrogen-bond acceptors (Lipinski definition) is 4. The highest BCUT2D eigenvalue weighted by Crippen LogP contribution is 2.30. The number of carbonyl (C=O) groups is 1. The maximum atomic E-state index is 13.0. The van der Waals surface area contributed by atoms with Gasteiger partial charge in [0.2, 0.25) is 0 Å². The molecular formula is C17H26N4O3S. The Kier molecular flexibility index (Phi) is 5.13. The fourth-order valence-corrected chi connectivity index (χ4v) is 4.90. The van der Waals surface area contributed by atoms with E-state index in [1.165, 1.54) is 8.61 Å². The summed E-state index contributed by atoms with van der Waals surface area (Å²) in [6.45, 7) is 3.48. The van der Waals surface area contributed by atoms with Gasteiger partial charge in [0.25, 0.3) is 16.1 Å². The molecule has 8 heteroatoms. The summed E-state index contributed by atoms with van der Waals surface area (Å²) in [6, 6.07) is 3.52. The zero-order valence-corrected chi connectivity index (χ0v) is 15.9. The monoisotopic (exact) mass is 366 g/mol. The first-order valence-corrected chi connectivity index (χ1v) is 10.2. The predicted octanol–water partition coefficient (Wildman–Crippen LogP) is 0.987. The second kappa shape index (κ2) is 7.01. The second-order valence-corrected chi connectivity index (χ2v) is 9.19. The first kappa shape index (κ1) is 18.3.